The Labute approximate surface area is 320 Å². The molecule has 0 bridgehead atoms. The number of nitrogens with zero attached hydrogens (tertiary/aromatic N) is 3. The van der Waals surface area contributed by atoms with Crippen LogP contribution < -0.4 is 14.2 Å². The highest BCUT2D eigenvalue weighted by Gasteiger charge is 2.20. The third-order valence-electron chi connectivity index (χ3n) is 8.68. The molecule has 0 unspecified atom stereocenters. The quantitative estimate of drug-likeness (QED) is 0.112. The highest BCUT2D eigenvalue weighted by atomic mass is 35.5. The Morgan fingerprint density at radius 3 is 2.21 bits per heavy atom. The number of carbonyl (C=O) groups excluding carboxylic acids is 1. The van der Waals surface area contributed by atoms with Crippen LogP contribution in [-0.2, 0) is 24.4 Å². The summed E-state index contributed by atoms with van der Waals surface area (Å²) in [6.07, 6.45) is 5.67. The van der Waals surface area contributed by atoms with E-state index in [1.54, 1.807) is 48.7 Å². The average Bonchev–Trinajstić information content (AvgIpc) is 3.13. The van der Waals surface area contributed by atoms with Crippen LogP contribution in [0.4, 0.5) is 8.78 Å². The van der Waals surface area contributed by atoms with Gasteiger partial charge in [0.1, 0.15) is 29.7 Å². The van der Waals surface area contributed by atoms with Crippen molar-refractivity contribution in [2.45, 2.75) is 33.4 Å². The largest absolute Gasteiger partial charge is 0.493 e. The number of ether oxygens (including phenoxy) is 3. The van der Waals surface area contributed by atoms with E-state index in [0.29, 0.717) is 47.8 Å². The predicted molar refractivity (Wildman–Crippen MR) is 206 cm³/mol. The molecule has 0 spiro atoms. The van der Waals surface area contributed by atoms with E-state index in [1.807, 2.05) is 30.9 Å². The number of rotatable bonds is 13. The van der Waals surface area contributed by atoms with E-state index in [9.17, 15) is 13.6 Å². The molecule has 0 radical (unpaired) electrons. The molecule has 7 nitrogen and oxygen atoms in total. The number of hydrogen-bond donors (Lipinski definition) is 0. The zero-order chi connectivity index (χ0) is 36.5. The van der Waals surface area contributed by atoms with Crippen LogP contribution in [0.3, 0.4) is 0 Å². The molecule has 0 atom stereocenters. The second-order valence-electron chi connectivity index (χ2n) is 12.8. The first-order valence-corrected chi connectivity index (χ1v) is 17.5. The van der Waals surface area contributed by atoms with Gasteiger partial charge in [0, 0.05) is 51.3 Å². The first-order chi connectivity index (χ1) is 25.2. The molecule has 0 N–H and O–H groups in total. The molecular weight excluding hydrogens is 719 g/mol. The number of aryl methyl sites for hydroxylation is 2. The second kappa shape index (κ2) is 18.7. The molecule has 1 saturated heterocycles. The molecule has 53 heavy (non-hydrogen) atoms. The lowest BCUT2D eigenvalue weighted by Gasteiger charge is -2.34. The Balaban J connectivity index is 0.00000541. The fraction of sp³-hybridized carbons (Fsp3) is 0.238. The number of pyridine rings is 1. The zero-order valence-electron chi connectivity index (χ0n) is 29.6. The smallest absolute Gasteiger partial charge is 0.246 e. The summed E-state index contributed by atoms with van der Waals surface area (Å²) < 4.78 is 44.2. The Morgan fingerprint density at radius 1 is 0.811 bits per heavy atom. The van der Waals surface area contributed by atoms with Crippen LogP contribution in [0.25, 0.3) is 6.08 Å². The topological polar surface area (TPSA) is 64.1 Å². The SMILES string of the molecule is Cc1cc(F)cc(COc2ccc(Oc3c(C)cc(/C=C/C(=O)N4CCN(Cc5ccc(CCOc6ccc(F)cc6)cc5)CC4)cc3Cl)nc2)c1.Cl. The van der Waals surface area contributed by atoms with Gasteiger partial charge < -0.3 is 19.1 Å². The molecular formula is C42H41Cl2F2N3O4. The fourth-order valence-electron chi connectivity index (χ4n) is 5.95. The fourth-order valence-corrected chi connectivity index (χ4v) is 6.26. The molecule has 1 aliphatic heterocycles. The van der Waals surface area contributed by atoms with Crippen LogP contribution in [0.5, 0.6) is 23.1 Å². The molecule has 0 saturated carbocycles. The number of carbonyl (C=O) groups is 1. The maximum Gasteiger partial charge on any atom is 0.246 e. The maximum absolute atomic E-state index is 13.7. The molecule has 4 aromatic carbocycles. The van der Waals surface area contributed by atoms with Crippen LogP contribution in [-0.4, -0.2) is 53.5 Å². The molecule has 11 heteroatoms. The summed E-state index contributed by atoms with van der Waals surface area (Å²) in [6.45, 7) is 8.15. The Bertz CT molecular complexity index is 1960. The van der Waals surface area contributed by atoms with Crippen molar-refractivity contribution >= 4 is 36.0 Å². The van der Waals surface area contributed by atoms with Gasteiger partial charge in [-0.05, 0) is 108 Å². The average molecular weight is 761 g/mol. The number of benzene rings is 4. The molecule has 2 heterocycles. The molecule has 1 aromatic heterocycles. The minimum Gasteiger partial charge on any atom is -0.493 e. The van der Waals surface area contributed by atoms with E-state index in [0.717, 1.165) is 48.3 Å². The molecule has 6 rings (SSSR count). The van der Waals surface area contributed by atoms with E-state index in [4.69, 9.17) is 25.8 Å². The molecule has 1 fully saturated rings. The van der Waals surface area contributed by atoms with Crippen molar-refractivity contribution in [3.05, 3.63) is 153 Å². The molecule has 5 aromatic rings. The number of piperazine rings is 1. The van der Waals surface area contributed by atoms with Crippen molar-refractivity contribution in [3.63, 3.8) is 0 Å². The Morgan fingerprint density at radius 2 is 1.53 bits per heavy atom. The number of hydrogen-bond acceptors (Lipinski definition) is 6. The van der Waals surface area contributed by atoms with E-state index in [-0.39, 0.29) is 36.6 Å². The zero-order valence-corrected chi connectivity index (χ0v) is 31.1. The highest BCUT2D eigenvalue weighted by Crippen LogP contribution is 2.34. The van der Waals surface area contributed by atoms with Crippen LogP contribution in [0.1, 0.15) is 33.4 Å². The van der Waals surface area contributed by atoms with Gasteiger partial charge >= 0.3 is 0 Å². The molecule has 1 aliphatic rings. The molecule has 1 amide bonds. The van der Waals surface area contributed by atoms with Crippen molar-refractivity contribution in [2.24, 2.45) is 0 Å². The van der Waals surface area contributed by atoms with Crippen molar-refractivity contribution < 1.29 is 27.8 Å². The van der Waals surface area contributed by atoms with Gasteiger partial charge in [0.25, 0.3) is 0 Å². The van der Waals surface area contributed by atoms with Gasteiger partial charge in [0.15, 0.2) is 5.75 Å². The van der Waals surface area contributed by atoms with Gasteiger partial charge in [-0.3, -0.25) is 9.69 Å². The van der Waals surface area contributed by atoms with Crippen LogP contribution in [0.2, 0.25) is 5.02 Å². The summed E-state index contributed by atoms with van der Waals surface area (Å²) in [6, 6.07) is 26.4. The minimum atomic E-state index is -0.296. The van der Waals surface area contributed by atoms with Crippen molar-refractivity contribution in [1.29, 1.82) is 0 Å². The first kappa shape index (κ1) is 39.3. The third-order valence-corrected chi connectivity index (χ3v) is 8.96. The van der Waals surface area contributed by atoms with Crippen LogP contribution in [0.15, 0.2) is 103 Å². The van der Waals surface area contributed by atoms with E-state index < -0.39 is 0 Å². The van der Waals surface area contributed by atoms with Crippen molar-refractivity contribution in [2.75, 3.05) is 32.8 Å². The van der Waals surface area contributed by atoms with E-state index in [2.05, 4.69) is 34.1 Å². The third kappa shape index (κ3) is 11.5. The summed E-state index contributed by atoms with van der Waals surface area (Å²) in [4.78, 5) is 21.6. The summed E-state index contributed by atoms with van der Waals surface area (Å²) in [5.74, 6) is 1.39. The standard InChI is InChI=1S/C42H40ClF2N3O4.ClH/c1-29-21-34(24-36(45)22-29)28-51-38-12-13-40(46-26-38)52-42-30(2)23-33(25-39(42)43)7-14-41(49)48-18-16-47(17-19-48)27-32-5-3-31(4-6-32)15-20-50-37-10-8-35(44)9-11-37;/h3-14,21-26H,15-20,27-28H2,1-2H3;1H/b14-7+;. The maximum atomic E-state index is 13.7. The lowest BCUT2D eigenvalue weighted by Crippen LogP contribution is -2.47. The second-order valence-corrected chi connectivity index (χ2v) is 13.2. The number of aromatic nitrogens is 1. The van der Waals surface area contributed by atoms with Gasteiger partial charge in [0.2, 0.25) is 11.8 Å². The number of halogens is 4. The lowest BCUT2D eigenvalue weighted by molar-refractivity contribution is -0.127. The molecule has 0 aliphatic carbocycles. The van der Waals surface area contributed by atoms with E-state index in [1.165, 1.54) is 35.4 Å². The van der Waals surface area contributed by atoms with Gasteiger partial charge in [-0.15, -0.1) is 12.4 Å². The minimum absolute atomic E-state index is 0. The first-order valence-electron chi connectivity index (χ1n) is 17.2. The predicted octanol–water partition coefficient (Wildman–Crippen LogP) is 9.40. The van der Waals surface area contributed by atoms with Crippen molar-refractivity contribution in [3.8, 4) is 23.1 Å². The lowest BCUT2D eigenvalue weighted by atomic mass is 10.1. The van der Waals surface area contributed by atoms with Gasteiger partial charge in [-0.25, -0.2) is 13.8 Å². The normalized spacial score (nSPS) is 13.1. The monoisotopic (exact) mass is 759 g/mol. The van der Waals surface area contributed by atoms with Gasteiger partial charge in [-0.1, -0.05) is 41.9 Å². The van der Waals surface area contributed by atoms with Gasteiger partial charge in [-0.2, -0.15) is 0 Å². The number of amides is 1. The summed E-state index contributed by atoms with van der Waals surface area (Å²) in [5.41, 5.74) is 5.54. The molecule has 276 valence electrons. The Kier molecular flexibility index (Phi) is 13.8. The highest BCUT2D eigenvalue weighted by molar-refractivity contribution is 6.32. The van der Waals surface area contributed by atoms with Gasteiger partial charge in [0.05, 0.1) is 17.8 Å². The Hall–Kier alpha value is -4.96. The van der Waals surface area contributed by atoms with Crippen LogP contribution >= 0.6 is 24.0 Å². The summed E-state index contributed by atoms with van der Waals surface area (Å²) in [7, 11) is 0. The summed E-state index contributed by atoms with van der Waals surface area (Å²) >= 11 is 6.60. The van der Waals surface area contributed by atoms with Crippen LogP contribution in [0, 0.1) is 25.5 Å². The van der Waals surface area contributed by atoms with Crippen molar-refractivity contribution in [1.82, 2.24) is 14.8 Å². The van der Waals surface area contributed by atoms with E-state index >= 15 is 0 Å². The summed E-state index contributed by atoms with van der Waals surface area (Å²) in [5, 5.41) is 0.399.